The molecule has 0 radical (unpaired) electrons. The molecular formula is C8H11NO3. The van der Waals surface area contributed by atoms with Gasteiger partial charge in [-0.25, -0.2) is 9.69 Å². The molecule has 0 aromatic rings. The van der Waals surface area contributed by atoms with E-state index in [1.165, 1.54) is 4.90 Å². The molecule has 0 spiro atoms. The summed E-state index contributed by atoms with van der Waals surface area (Å²) in [6, 6.07) is 2.53. The maximum Gasteiger partial charge on any atom is 0.421 e. The van der Waals surface area contributed by atoms with E-state index in [9.17, 15) is 9.90 Å². The summed E-state index contributed by atoms with van der Waals surface area (Å²) in [6.45, 7) is 3.96. The van der Waals surface area contributed by atoms with Crippen molar-refractivity contribution in [2.75, 3.05) is 13.2 Å². The summed E-state index contributed by atoms with van der Waals surface area (Å²) in [5.74, 6) is 2.52. The van der Waals surface area contributed by atoms with E-state index >= 15 is 0 Å². The largest absolute Gasteiger partial charge is 0.447 e. The molecular weight excluding hydrogens is 158 g/mol. The van der Waals surface area contributed by atoms with E-state index in [1.54, 1.807) is 13.8 Å². The van der Waals surface area contributed by atoms with Gasteiger partial charge in [-0.05, 0) is 19.8 Å². The number of amides is 1. The zero-order chi connectivity index (χ0) is 9.19. The first-order chi connectivity index (χ1) is 5.49. The lowest BCUT2D eigenvalue weighted by atomic mass is 10.2. The first kappa shape index (κ1) is 8.88. The molecule has 0 saturated carbocycles. The average Bonchev–Trinajstić information content (AvgIpc) is 2.29. The van der Waals surface area contributed by atoms with Crippen LogP contribution in [0.25, 0.3) is 0 Å². The Balaban J connectivity index is 2.59. The maximum atomic E-state index is 10.8. The maximum absolute atomic E-state index is 10.8. The van der Waals surface area contributed by atoms with Gasteiger partial charge in [-0.3, -0.25) is 0 Å². The lowest BCUT2D eigenvalue weighted by Gasteiger charge is -2.07. The molecule has 0 aromatic heterocycles. The van der Waals surface area contributed by atoms with E-state index < -0.39 is 11.7 Å². The summed E-state index contributed by atoms with van der Waals surface area (Å²) < 4.78 is 4.63. The average molecular weight is 169 g/mol. The topological polar surface area (TPSA) is 49.8 Å². The normalized spacial score (nSPS) is 16.9. The number of carbonyl (C=O) groups is 1. The molecule has 0 unspecified atom stereocenters. The van der Waals surface area contributed by atoms with Crippen LogP contribution in [-0.2, 0) is 4.74 Å². The Labute approximate surface area is 71.1 Å². The molecule has 12 heavy (non-hydrogen) atoms. The Morgan fingerprint density at radius 1 is 1.67 bits per heavy atom. The van der Waals surface area contributed by atoms with E-state index in [1.807, 2.05) is 0 Å². The second-order valence-corrected chi connectivity index (χ2v) is 3.06. The summed E-state index contributed by atoms with van der Waals surface area (Å²) >= 11 is 0. The summed E-state index contributed by atoms with van der Waals surface area (Å²) in [4.78, 5) is 12.1. The van der Waals surface area contributed by atoms with E-state index in [0.29, 0.717) is 13.2 Å². The zero-order valence-corrected chi connectivity index (χ0v) is 7.13. The summed E-state index contributed by atoms with van der Waals surface area (Å²) in [5.41, 5.74) is -1.07. The SMILES string of the molecule is CC(C)(O)C#CN1CCOC1=O. The highest BCUT2D eigenvalue weighted by atomic mass is 16.6. The van der Waals surface area contributed by atoms with E-state index in [2.05, 4.69) is 16.7 Å². The van der Waals surface area contributed by atoms with Crippen molar-refractivity contribution in [1.82, 2.24) is 4.90 Å². The standard InChI is InChI=1S/C8H11NO3/c1-8(2,11)3-4-9-5-6-12-7(9)10/h11H,5-6H2,1-2H3. The van der Waals surface area contributed by atoms with Crippen LogP contribution in [0.1, 0.15) is 13.8 Å². The van der Waals surface area contributed by atoms with Gasteiger partial charge in [0, 0.05) is 6.04 Å². The Morgan fingerprint density at radius 3 is 2.75 bits per heavy atom. The molecule has 1 fully saturated rings. The Kier molecular flexibility index (Phi) is 2.25. The summed E-state index contributed by atoms with van der Waals surface area (Å²) in [7, 11) is 0. The van der Waals surface area contributed by atoms with Crippen LogP contribution in [0, 0.1) is 12.0 Å². The first-order valence-electron chi connectivity index (χ1n) is 3.68. The van der Waals surface area contributed by atoms with Crippen LogP contribution in [0.2, 0.25) is 0 Å². The van der Waals surface area contributed by atoms with Crippen LogP contribution in [0.4, 0.5) is 4.79 Å². The smallest absolute Gasteiger partial charge is 0.421 e. The molecule has 1 aliphatic heterocycles. The van der Waals surface area contributed by atoms with Gasteiger partial charge in [0.1, 0.15) is 12.2 Å². The molecule has 1 amide bonds. The number of hydrogen-bond donors (Lipinski definition) is 1. The molecule has 66 valence electrons. The number of hydrogen-bond acceptors (Lipinski definition) is 3. The third-order valence-corrected chi connectivity index (χ3v) is 1.26. The molecule has 1 saturated heterocycles. The van der Waals surface area contributed by atoms with Crippen molar-refractivity contribution >= 4 is 6.09 Å². The highest BCUT2D eigenvalue weighted by Gasteiger charge is 2.20. The van der Waals surface area contributed by atoms with Crippen molar-refractivity contribution < 1.29 is 14.6 Å². The second-order valence-electron chi connectivity index (χ2n) is 3.06. The fraction of sp³-hybridized carbons (Fsp3) is 0.625. The van der Waals surface area contributed by atoms with Gasteiger partial charge < -0.3 is 9.84 Å². The van der Waals surface area contributed by atoms with Gasteiger partial charge in [-0.2, -0.15) is 0 Å². The lowest BCUT2D eigenvalue weighted by Crippen LogP contribution is -2.21. The molecule has 0 aliphatic carbocycles. The van der Waals surface area contributed by atoms with Crippen molar-refractivity contribution in [2.24, 2.45) is 0 Å². The quantitative estimate of drug-likeness (QED) is 0.526. The van der Waals surface area contributed by atoms with Crippen LogP contribution >= 0.6 is 0 Å². The number of cyclic esters (lactones) is 1. The van der Waals surface area contributed by atoms with Gasteiger partial charge in [-0.1, -0.05) is 0 Å². The summed E-state index contributed by atoms with van der Waals surface area (Å²) in [5, 5.41) is 9.21. The van der Waals surface area contributed by atoms with Crippen molar-refractivity contribution in [3.05, 3.63) is 0 Å². The van der Waals surface area contributed by atoms with Crippen molar-refractivity contribution in [1.29, 1.82) is 0 Å². The molecule has 1 rings (SSSR count). The van der Waals surface area contributed by atoms with Crippen molar-refractivity contribution in [2.45, 2.75) is 19.4 Å². The number of rotatable bonds is 0. The van der Waals surface area contributed by atoms with Crippen LogP contribution in [0.3, 0.4) is 0 Å². The summed E-state index contributed by atoms with van der Waals surface area (Å²) in [6.07, 6.45) is -0.438. The Morgan fingerprint density at radius 2 is 2.33 bits per heavy atom. The first-order valence-corrected chi connectivity index (χ1v) is 3.68. The monoisotopic (exact) mass is 169 g/mol. The van der Waals surface area contributed by atoms with Gasteiger partial charge in [0.05, 0.1) is 6.54 Å². The molecule has 0 atom stereocenters. The van der Waals surface area contributed by atoms with Gasteiger partial charge in [0.2, 0.25) is 0 Å². The molecule has 0 aromatic carbocycles. The fourth-order valence-electron chi connectivity index (χ4n) is 0.699. The Hall–Kier alpha value is -1.21. The van der Waals surface area contributed by atoms with Crippen molar-refractivity contribution in [3.8, 4) is 12.0 Å². The highest BCUT2D eigenvalue weighted by molar-refractivity contribution is 5.71. The van der Waals surface area contributed by atoms with E-state index in [0.717, 1.165) is 0 Å². The van der Waals surface area contributed by atoms with Gasteiger partial charge >= 0.3 is 6.09 Å². The second kappa shape index (κ2) is 3.03. The molecule has 1 aliphatic rings. The Bertz CT molecular complexity index is 243. The number of ether oxygens (including phenoxy) is 1. The van der Waals surface area contributed by atoms with E-state index in [-0.39, 0.29) is 0 Å². The molecule has 1 heterocycles. The van der Waals surface area contributed by atoms with Gasteiger partial charge in [-0.15, -0.1) is 0 Å². The van der Waals surface area contributed by atoms with Gasteiger partial charge in [0.15, 0.2) is 0 Å². The minimum Gasteiger partial charge on any atom is -0.447 e. The predicted octanol–water partition coefficient (Wildman–Crippen LogP) is 0.170. The number of nitrogens with zero attached hydrogens (tertiary/aromatic N) is 1. The third kappa shape index (κ3) is 2.44. The third-order valence-electron chi connectivity index (χ3n) is 1.26. The van der Waals surface area contributed by atoms with Crippen molar-refractivity contribution in [3.63, 3.8) is 0 Å². The van der Waals surface area contributed by atoms with Crippen LogP contribution in [0.5, 0.6) is 0 Å². The minimum atomic E-state index is -1.07. The molecule has 4 nitrogen and oxygen atoms in total. The fourth-order valence-corrected chi connectivity index (χ4v) is 0.699. The van der Waals surface area contributed by atoms with Crippen LogP contribution < -0.4 is 0 Å². The molecule has 4 heteroatoms. The molecule has 0 bridgehead atoms. The van der Waals surface area contributed by atoms with Gasteiger partial charge in [0.25, 0.3) is 0 Å². The molecule has 1 N–H and O–H groups in total. The lowest BCUT2D eigenvalue weighted by molar-refractivity contribution is 0.143. The minimum absolute atomic E-state index is 0.374. The zero-order valence-electron chi connectivity index (χ0n) is 7.13. The predicted molar refractivity (Wildman–Crippen MR) is 42.1 cm³/mol. The van der Waals surface area contributed by atoms with E-state index in [4.69, 9.17) is 0 Å². The number of carbonyl (C=O) groups excluding carboxylic acids is 1. The number of aliphatic hydroxyl groups is 1. The van der Waals surface area contributed by atoms with Crippen LogP contribution in [-0.4, -0.2) is 34.9 Å². The van der Waals surface area contributed by atoms with Crippen LogP contribution in [0.15, 0.2) is 0 Å². The highest BCUT2D eigenvalue weighted by Crippen LogP contribution is 2.02.